The Hall–Kier alpha value is -0.870. The van der Waals surface area contributed by atoms with E-state index < -0.39 is 12.3 Å². The van der Waals surface area contributed by atoms with Crippen LogP contribution in [0.3, 0.4) is 0 Å². The molecule has 0 aromatic heterocycles. The molecule has 0 radical (unpaired) electrons. The van der Waals surface area contributed by atoms with Crippen LogP contribution in [0.2, 0.25) is 0 Å². The van der Waals surface area contributed by atoms with Crippen LogP contribution < -0.4 is 0 Å². The second kappa shape index (κ2) is 6.25. The van der Waals surface area contributed by atoms with Crippen LogP contribution in [0.4, 0.5) is 0 Å². The van der Waals surface area contributed by atoms with E-state index in [1.165, 1.54) is 13.8 Å². The summed E-state index contributed by atoms with van der Waals surface area (Å²) in [6, 6.07) is 0. The molecule has 0 aliphatic rings. The summed E-state index contributed by atoms with van der Waals surface area (Å²) in [5.74, 6) is -0.935. The van der Waals surface area contributed by atoms with E-state index in [9.17, 15) is 4.79 Å². The van der Waals surface area contributed by atoms with E-state index in [-0.39, 0.29) is 5.57 Å². The van der Waals surface area contributed by atoms with Gasteiger partial charge in [0.15, 0.2) is 0 Å². The second-order valence-corrected chi connectivity index (χ2v) is 1.72. The number of carboxylic acid groups (broad SMARTS) is 1. The summed E-state index contributed by atoms with van der Waals surface area (Å²) in [6.45, 7) is 5.88. The molecular formula is C6H12O4. The highest BCUT2D eigenvalue weighted by Crippen LogP contribution is 1.81. The van der Waals surface area contributed by atoms with Crippen molar-refractivity contribution >= 4 is 5.97 Å². The Kier molecular flexibility index (Phi) is 7.42. The fraction of sp³-hybridized carbons (Fsp3) is 0.500. The number of aliphatic carboxylic acids is 1. The summed E-state index contributed by atoms with van der Waals surface area (Å²) < 4.78 is 0. The number of carboxylic acids is 1. The minimum absolute atomic E-state index is 0.176. The van der Waals surface area contributed by atoms with Gasteiger partial charge >= 0.3 is 5.97 Å². The summed E-state index contributed by atoms with van der Waals surface area (Å²) >= 11 is 0. The Morgan fingerprint density at radius 2 is 1.60 bits per heavy atom. The first kappa shape index (κ1) is 11.9. The molecule has 0 aliphatic heterocycles. The molecule has 10 heavy (non-hydrogen) atoms. The summed E-state index contributed by atoms with van der Waals surface area (Å²) in [6.07, 6.45) is -1.17. The van der Waals surface area contributed by atoms with Gasteiger partial charge in [-0.3, -0.25) is 0 Å². The number of aliphatic hydroxyl groups excluding tert-OH is 1. The Morgan fingerprint density at radius 1 is 1.50 bits per heavy atom. The molecule has 60 valence electrons. The van der Waals surface area contributed by atoms with Gasteiger partial charge in [-0.1, -0.05) is 6.58 Å². The third-order valence-electron chi connectivity index (χ3n) is 0.365. The van der Waals surface area contributed by atoms with Crippen molar-refractivity contribution in [3.63, 3.8) is 0 Å². The summed E-state index contributed by atoms with van der Waals surface area (Å²) in [5.41, 5.74) is 0.176. The highest BCUT2D eigenvalue weighted by molar-refractivity contribution is 5.84. The molecule has 0 rings (SSSR count). The Labute approximate surface area is 59.4 Å². The van der Waals surface area contributed by atoms with E-state index in [0.29, 0.717) is 0 Å². The van der Waals surface area contributed by atoms with Crippen LogP contribution in [0.1, 0.15) is 13.8 Å². The van der Waals surface area contributed by atoms with Crippen LogP contribution in [0.25, 0.3) is 0 Å². The fourth-order valence-electron chi connectivity index (χ4n) is 0. The number of rotatable bonds is 1. The summed E-state index contributed by atoms with van der Waals surface area (Å²) in [7, 11) is 0. The zero-order valence-corrected chi connectivity index (χ0v) is 6.03. The first-order valence-electron chi connectivity index (χ1n) is 2.63. The lowest BCUT2D eigenvalue weighted by molar-refractivity contribution is -0.132. The lowest BCUT2D eigenvalue weighted by Gasteiger charge is -1.80. The highest BCUT2D eigenvalue weighted by atomic mass is 16.5. The van der Waals surface area contributed by atoms with Crippen LogP contribution in [0.5, 0.6) is 0 Å². The molecule has 0 heterocycles. The van der Waals surface area contributed by atoms with Crippen LogP contribution in [-0.4, -0.2) is 27.6 Å². The fourth-order valence-corrected chi connectivity index (χ4v) is 0. The lowest BCUT2D eigenvalue weighted by Crippen LogP contribution is -1.92. The van der Waals surface area contributed by atoms with Crippen molar-refractivity contribution < 1.29 is 20.1 Å². The zero-order valence-electron chi connectivity index (χ0n) is 6.03. The van der Waals surface area contributed by atoms with Gasteiger partial charge in [0.25, 0.3) is 0 Å². The van der Waals surface area contributed by atoms with Crippen molar-refractivity contribution in [3.8, 4) is 0 Å². The smallest absolute Gasteiger partial charge is 0.330 e. The second-order valence-electron chi connectivity index (χ2n) is 1.72. The molecule has 4 nitrogen and oxygen atoms in total. The van der Waals surface area contributed by atoms with Crippen molar-refractivity contribution in [1.82, 2.24) is 0 Å². The molecule has 0 aromatic rings. The van der Waals surface area contributed by atoms with Gasteiger partial charge in [0.2, 0.25) is 0 Å². The van der Waals surface area contributed by atoms with Crippen LogP contribution >= 0.6 is 0 Å². The van der Waals surface area contributed by atoms with E-state index in [2.05, 4.69) is 6.58 Å². The largest absolute Gasteiger partial charge is 0.478 e. The Morgan fingerprint density at radius 3 is 1.60 bits per heavy atom. The molecule has 0 saturated carbocycles. The maximum atomic E-state index is 9.60. The molecule has 0 spiro atoms. The van der Waals surface area contributed by atoms with Crippen LogP contribution in [0, 0.1) is 0 Å². The van der Waals surface area contributed by atoms with Gasteiger partial charge in [-0.2, -0.15) is 0 Å². The normalized spacial score (nSPS) is 8.10. The van der Waals surface area contributed by atoms with E-state index >= 15 is 0 Å². The van der Waals surface area contributed by atoms with Crippen molar-refractivity contribution in [2.75, 3.05) is 0 Å². The maximum Gasteiger partial charge on any atom is 0.330 e. The van der Waals surface area contributed by atoms with E-state index in [4.69, 9.17) is 15.3 Å². The Balaban J connectivity index is 0. The molecule has 0 amide bonds. The topological polar surface area (TPSA) is 77.8 Å². The number of hydrogen-bond acceptors (Lipinski definition) is 3. The number of hydrogen-bond donors (Lipinski definition) is 3. The summed E-state index contributed by atoms with van der Waals surface area (Å²) in [5, 5.41) is 23.1. The molecule has 0 fully saturated rings. The predicted octanol–water partition coefficient (Wildman–Crippen LogP) is -0.0359. The molecule has 0 unspecified atom stereocenters. The average Bonchev–Trinajstić information content (AvgIpc) is 1.63. The van der Waals surface area contributed by atoms with Gasteiger partial charge in [0, 0.05) is 5.57 Å². The lowest BCUT2D eigenvalue weighted by atomic mass is 10.4. The zero-order chi connectivity index (χ0) is 8.73. The number of carbonyl (C=O) groups is 1. The standard InChI is InChI=1S/C4H6O2.C2H6O2/c1-3(2)4(5)6;1-2(3)4/h1H2,2H3,(H,5,6);2-4H,1H3. The van der Waals surface area contributed by atoms with Crippen LogP contribution in [-0.2, 0) is 4.79 Å². The SMILES string of the molecule is C=C(C)C(=O)O.CC(O)O. The van der Waals surface area contributed by atoms with Crippen molar-refractivity contribution in [3.05, 3.63) is 12.2 Å². The molecule has 0 bridgehead atoms. The van der Waals surface area contributed by atoms with Gasteiger partial charge < -0.3 is 15.3 Å². The quantitative estimate of drug-likeness (QED) is 0.360. The van der Waals surface area contributed by atoms with Crippen molar-refractivity contribution in [2.45, 2.75) is 20.1 Å². The third kappa shape index (κ3) is 27.3. The first-order chi connectivity index (χ1) is 4.37. The van der Waals surface area contributed by atoms with Gasteiger partial charge in [0.05, 0.1) is 0 Å². The molecule has 0 aromatic carbocycles. The van der Waals surface area contributed by atoms with Crippen LogP contribution in [0.15, 0.2) is 12.2 Å². The van der Waals surface area contributed by atoms with E-state index in [0.717, 1.165) is 0 Å². The van der Waals surface area contributed by atoms with E-state index in [1.54, 1.807) is 0 Å². The van der Waals surface area contributed by atoms with Gasteiger partial charge in [-0.25, -0.2) is 4.79 Å². The number of aliphatic hydroxyl groups is 2. The molecular weight excluding hydrogens is 136 g/mol. The van der Waals surface area contributed by atoms with Gasteiger partial charge in [-0.15, -0.1) is 0 Å². The van der Waals surface area contributed by atoms with Crippen molar-refractivity contribution in [1.29, 1.82) is 0 Å². The van der Waals surface area contributed by atoms with Gasteiger partial charge in [-0.05, 0) is 13.8 Å². The molecule has 0 saturated heterocycles. The first-order valence-corrected chi connectivity index (χ1v) is 2.63. The third-order valence-corrected chi connectivity index (χ3v) is 0.365. The minimum atomic E-state index is -1.17. The van der Waals surface area contributed by atoms with E-state index in [1.807, 2.05) is 0 Å². The predicted molar refractivity (Wildman–Crippen MR) is 36.3 cm³/mol. The average molecular weight is 148 g/mol. The van der Waals surface area contributed by atoms with Crippen molar-refractivity contribution in [2.24, 2.45) is 0 Å². The monoisotopic (exact) mass is 148 g/mol. The van der Waals surface area contributed by atoms with Gasteiger partial charge in [0.1, 0.15) is 6.29 Å². The highest BCUT2D eigenvalue weighted by Gasteiger charge is 1.90. The molecule has 0 aliphatic carbocycles. The molecule has 3 N–H and O–H groups in total. The molecule has 4 heteroatoms. The minimum Gasteiger partial charge on any atom is -0.478 e. The summed E-state index contributed by atoms with van der Waals surface area (Å²) in [4.78, 5) is 9.60. The maximum absolute atomic E-state index is 9.60. The Bertz CT molecular complexity index is 102. The molecule has 0 atom stereocenters.